The topological polar surface area (TPSA) is 117 Å². The van der Waals surface area contributed by atoms with Gasteiger partial charge in [-0.1, -0.05) is 12.1 Å². The van der Waals surface area contributed by atoms with Crippen molar-refractivity contribution in [2.75, 3.05) is 51.8 Å². The van der Waals surface area contributed by atoms with Gasteiger partial charge in [-0.05, 0) is 61.0 Å². The van der Waals surface area contributed by atoms with Crippen molar-refractivity contribution in [1.29, 1.82) is 0 Å². The summed E-state index contributed by atoms with van der Waals surface area (Å²) < 4.78 is 64.9. The van der Waals surface area contributed by atoms with Crippen LogP contribution in [0.1, 0.15) is 18.4 Å². The number of benzene rings is 2. The van der Waals surface area contributed by atoms with Crippen molar-refractivity contribution in [2.24, 2.45) is 0 Å². The monoisotopic (exact) mass is 554 g/mol. The van der Waals surface area contributed by atoms with E-state index in [-0.39, 0.29) is 14.9 Å². The Bertz CT molecular complexity index is 1290. The molecular weight excluding hydrogens is 524 g/mol. The lowest BCUT2D eigenvalue weighted by Gasteiger charge is -2.26. The molecule has 0 unspecified atom stereocenters. The predicted octanol–water partition coefficient (Wildman–Crippen LogP) is 1.99. The highest BCUT2D eigenvalue weighted by atomic mass is 32.2. The Balaban J connectivity index is 1.39. The Morgan fingerprint density at radius 2 is 1.50 bits per heavy atom. The molecule has 2 aromatic carbocycles. The first-order valence-corrected chi connectivity index (χ1v) is 14.9. The lowest BCUT2D eigenvalue weighted by atomic mass is 10.2. The number of methoxy groups -OCH3 is 1. The summed E-state index contributed by atoms with van der Waals surface area (Å²) in [4.78, 5) is 0.405. The van der Waals surface area contributed by atoms with Crippen molar-refractivity contribution >= 4 is 43.1 Å². The van der Waals surface area contributed by atoms with Crippen LogP contribution in [-0.2, 0) is 31.3 Å². The number of nitrogens with one attached hydrogen (secondary N) is 2. The molecule has 0 aliphatic carbocycles. The molecule has 0 radical (unpaired) electrons. The van der Waals surface area contributed by atoms with Gasteiger partial charge in [0.1, 0.15) is 5.75 Å². The van der Waals surface area contributed by atoms with E-state index in [4.69, 9.17) is 21.7 Å². The summed E-state index contributed by atoms with van der Waals surface area (Å²) in [6, 6.07) is 11.3. The maximum Gasteiger partial charge on any atom is 0.243 e. The van der Waals surface area contributed by atoms with Crippen LogP contribution in [0.2, 0.25) is 0 Å². The molecule has 10 nitrogen and oxygen atoms in total. The second-order valence-corrected chi connectivity index (χ2v) is 12.7. The average Bonchev–Trinajstić information content (AvgIpc) is 3.44. The van der Waals surface area contributed by atoms with Gasteiger partial charge < -0.3 is 20.1 Å². The van der Waals surface area contributed by atoms with Crippen molar-refractivity contribution in [3.63, 3.8) is 0 Å². The maximum atomic E-state index is 12.9. The van der Waals surface area contributed by atoms with E-state index in [0.717, 1.165) is 18.4 Å². The third-order valence-electron chi connectivity index (χ3n) is 6.11. The smallest absolute Gasteiger partial charge is 0.243 e. The molecule has 2 saturated heterocycles. The molecule has 13 heteroatoms. The van der Waals surface area contributed by atoms with E-state index in [1.54, 1.807) is 30.3 Å². The molecule has 0 bridgehead atoms. The normalized spacial score (nSPS) is 17.6. The highest BCUT2D eigenvalue weighted by Crippen LogP contribution is 2.30. The van der Waals surface area contributed by atoms with E-state index in [1.807, 2.05) is 0 Å². The van der Waals surface area contributed by atoms with Crippen LogP contribution in [0.25, 0.3) is 0 Å². The second-order valence-electron chi connectivity index (χ2n) is 8.44. The van der Waals surface area contributed by atoms with Gasteiger partial charge in [-0.25, -0.2) is 16.8 Å². The first-order valence-electron chi connectivity index (χ1n) is 11.6. The lowest BCUT2D eigenvalue weighted by molar-refractivity contribution is 0.0730. The zero-order valence-corrected chi connectivity index (χ0v) is 22.4. The summed E-state index contributed by atoms with van der Waals surface area (Å²) >= 11 is 5.41. The van der Waals surface area contributed by atoms with Gasteiger partial charge in [0.05, 0.1) is 35.8 Å². The van der Waals surface area contributed by atoms with Gasteiger partial charge in [-0.15, -0.1) is 0 Å². The highest BCUT2D eigenvalue weighted by Gasteiger charge is 2.28. The molecule has 0 aromatic heterocycles. The van der Waals surface area contributed by atoms with Gasteiger partial charge in [0, 0.05) is 32.7 Å². The van der Waals surface area contributed by atoms with E-state index in [0.29, 0.717) is 57.4 Å². The van der Waals surface area contributed by atoms with Crippen molar-refractivity contribution in [1.82, 2.24) is 13.9 Å². The molecule has 0 atom stereocenters. The van der Waals surface area contributed by atoms with Crippen molar-refractivity contribution in [2.45, 2.75) is 29.2 Å². The number of ether oxygens (including phenoxy) is 2. The SMILES string of the molecule is COc1ccc(S(=O)(=O)N2CCCC2)cc1NC(=S)NCc1ccc(S(=O)(=O)N2CCOCC2)cc1. The van der Waals surface area contributed by atoms with E-state index in [2.05, 4.69) is 10.6 Å². The Labute approximate surface area is 217 Å². The molecule has 2 aliphatic rings. The number of nitrogens with zero attached hydrogens (tertiary/aromatic N) is 2. The Hall–Kier alpha value is -2.29. The minimum absolute atomic E-state index is 0.174. The van der Waals surface area contributed by atoms with Crippen LogP contribution in [0.4, 0.5) is 5.69 Å². The van der Waals surface area contributed by atoms with Gasteiger partial charge in [0.25, 0.3) is 0 Å². The summed E-state index contributed by atoms with van der Waals surface area (Å²) in [6.07, 6.45) is 1.71. The number of hydrogen-bond acceptors (Lipinski definition) is 7. The number of morpholine rings is 1. The van der Waals surface area contributed by atoms with Crippen molar-refractivity contribution < 1.29 is 26.3 Å². The van der Waals surface area contributed by atoms with Crippen LogP contribution < -0.4 is 15.4 Å². The predicted molar refractivity (Wildman–Crippen MR) is 140 cm³/mol. The molecule has 0 spiro atoms. The molecule has 0 amide bonds. The molecule has 2 N–H and O–H groups in total. The van der Waals surface area contributed by atoms with E-state index >= 15 is 0 Å². The van der Waals surface area contributed by atoms with Crippen LogP contribution in [0.15, 0.2) is 52.3 Å². The zero-order valence-electron chi connectivity index (χ0n) is 20.0. The fourth-order valence-electron chi connectivity index (χ4n) is 4.09. The van der Waals surface area contributed by atoms with E-state index < -0.39 is 20.0 Å². The standard InChI is InChI=1S/C23H30N4O6S3/c1-32-22-9-8-20(36(30,31)26-10-2-3-11-26)16-21(22)25-23(34)24-17-18-4-6-19(7-5-18)35(28,29)27-12-14-33-15-13-27/h4-9,16H,2-3,10-15,17H2,1H3,(H2,24,25,34). The van der Waals surface area contributed by atoms with Crippen molar-refractivity contribution in [3.8, 4) is 5.75 Å². The largest absolute Gasteiger partial charge is 0.495 e. The molecule has 4 rings (SSSR count). The summed E-state index contributed by atoms with van der Waals surface area (Å²) in [5, 5.41) is 6.35. The van der Waals surface area contributed by atoms with Gasteiger partial charge in [0.15, 0.2) is 5.11 Å². The van der Waals surface area contributed by atoms with Gasteiger partial charge in [-0.2, -0.15) is 8.61 Å². The minimum Gasteiger partial charge on any atom is -0.495 e. The third kappa shape index (κ3) is 5.98. The van der Waals surface area contributed by atoms with Crippen LogP contribution in [-0.4, -0.2) is 77.1 Å². The second kappa shape index (κ2) is 11.4. The van der Waals surface area contributed by atoms with Crippen LogP contribution in [0.3, 0.4) is 0 Å². The molecular formula is C23H30N4O6S3. The number of rotatable bonds is 8. The van der Waals surface area contributed by atoms with Crippen LogP contribution in [0.5, 0.6) is 5.75 Å². The third-order valence-corrected chi connectivity index (χ3v) is 10.2. The quantitative estimate of drug-likeness (QED) is 0.473. The average molecular weight is 555 g/mol. The highest BCUT2D eigenvalue weighted by molar-refractivity contribution is 7.89. The van der Waals surface area contributed by atoms with Crippen LogP contribution >= 0.6 is 12.2 Å². The number of hydrogen-bond donors (Lipinski definition) is 2. The fourth-order valence-corrected chi connectivity index (χ4v) is 7.22. The molecule has 2 heterocycles. The molecule has 2 aromatic rings. The first-order chi connectivity index (χ1) is 17.2. The molecule has 2 aliphatic heterocycles. The van der Waals surface area contributed by atoms with Gasteiger partial charge >= 0.3 is 0 Å². The van der Waals surface area contributed by atoms with Crippen molar-refractivity contribution in [3.05, 3.63) is 48.0 Å². The molecule has 2 fully saturated rings. The molecule has 0 saturated carbocycles. The Morgan fingerprint density at radius 3 is 2.14 bits per heavy atom. The maximum absolute atomic E-state index is 12.9. The summed E-state index contributed by atoms with van der Waals surface area (Å²) in [5.74, 6) is 0.456. The Kier molecular flexibility index (Phi) is 8.48. The lowest BCUT2D eigenvalue weighted by Crippen LogP contribution is -2.40. The van der Waals surface area contributed by atoms with Crippen LogP contribution in [0, 0.1) is 0 Å². The van der Waals surface area contributed by atoms with E-state index in [1.165, 1.54) is 27.9 Å². The first kappa shape index (κ1) is 26.8. The Morgan fingerprint density at radius 1 is 0.917 bits per heavy atom. The molecule has 36 heavy (non-hydrogen) atoms. The minimum atomic E-state index is -3.59. The number of anilines is 1. The fraction of sp³-hybridized carbons (Fsp3) is 0.435. The number of thiocarbonyl (C=S) groups is 1. The molecule has 196 valence electrons. The van der Waals surface area contributed by atoms with Gasteiger partial charge in [0.2, 0.25) is 20.0 Å². The van der Waals surface area contributed by atoms with Gasteiger partial charge in [-0.3, -0.25) is 0 Å². The zero-order chi connectivity index (χ0) is 25.8. The summed E-state index contributed by atoms with van der Waals surface area (Å²) in [5.41, 5.74) is 1.26. The summed E-state index contributed by atoms with van der Waals surface area (Å²) in [7, 11) is -5.64. The number of sulfonamides is 2. The van der Waals surface area contributed by atoms with E-state index in [9.17, 15) is 16.8 Å². The summed E-state index contributed by atoms with van der Waals surface area (Å²) in [6.45, 7) is 2.85.